The van der Waals surface area contributed by atoms with E-state index in [-0.39, 0.29) is 22.3 Å². The first-order valence-corrected chi connectivity index (χ1v) is 11.7. The minimum Gasteiger partial charge on any atom is -0.471 e. The van der Waals surface area contributed by atoms with Gasteiger partial charge >= 0.3 is 11.7 Å². The Labute approximate surface area is 213 Å². The van der Waals surface area contributed by atoms with Crippen molar-refractivity contribution in [2.75, 3.05) is 7.11 Å². The molecule has 0 amide bonds. The van der Waals surface area contributed by atoms with E-state index in [1.807, 2.05) is 13.8 Å². The molecule has 3 rings (SSSR count). The van der Waals surface area contributed by atoms with E-state index in [0.717, 1.165) is 10.7 Å². The normalized spacial score (nSPS) is 13.1. The van der Waals surface area contributed by atoms with Gasteiger partial charge in [-0.25, -0.2) is 9.78 Å². The van der Waals surface area contributed by atoms with E-state index in [1.165, 1.54) is 26.3 Å². The van der Waals surface area contributed by atoms with Crippen LogP contribution in [0.1, 0.15) is 44.5 Å². The highest BCUT2D eigenvalue weighted by molar-refractivity contribution is 9.10. The zero-order chi connectivity index (χ0) is 25.9. The maximum absolute atomic E-state index is 13.3. The smallest absolute Gasteiger partial charge is 0.346 e. The molecule has 3 aromatic rings. The molecule has 1 aromatic heterocycles. The molecule has 2 atom stereocenters. The lowest BCUT2D eigenvalue weighted by Crippen LogP contribution is -2.26. The summed E-state index contributed by atoms with van der Waals surface area (Å²) in [7, 11) is 1.18. The lowest BCUT2D eigenvalue weighted by Gasteiger charge is -2.16. The molecule has 0 saturated heterocycles. The van der Waals surface area contributed by atoms with Gasteiger partial charge in [0.2, 0.25) is 5.75 Å². The lowest BCUT2D eigenvalue weighted by atomic mass is 10.1. The molecule has 2 aromatic carbocycles. The third-order valence-corrected chi connectivity index (χ3v) is 6.00. The van der Waals surface area contributed by atoms with Crippen LogP contribution in [0.3, 0.4) is 0 Å². The van der Waals surface area contributed by atoms with Crippen LogP contribution in [-0.4, -0.2) is 40.0 Å². The van der Waals surface area contributed by atoms with Gasteiger partial charge < -0.3 is 9.47 Å². The predicted molar refractivity (Wildman–Crippen MR) is 136 cm³/mol. The number of fused-ring (bicyclic) bond motifs is 1. The molecule has 0 spiro atoms. The number of nitro groups is 1. The Morgan fingerprint density at radius 2 is 2.06 bits per heavy atom. The summed E-state index contributed by atoms with van der Waals surface area (Å²) in [6.07, 6.45) is 0.763. The molecule has 35 heavy (non-hydrogen) atoms. The number of esters is 1. The molecule has 184 valence electrons. The number of nitro benzene ring substituents is 1. The fraction of sp³-hybridized carbons (Fsp3) is 0.304. The third kappa shape index (κ3) is 5.68. The summed E-state index contributed by atoms with van der Waals surface area (Å²) >= 11 is 9.47. The SMILES string of the molecule is CC[C@H](C)c1nc2ccc(Br)cc2c(=O)n1N=Cc1cc(Cl)cc([N+](=O)[O-])c1O[C@H](C)C(=O)OC. The Morgan fingerprint density at radius 1 is 1.34 bits per heavy atom. The fourth-order valence-electron chi connectivity index (χ4n) is 3.25. The molecule has 0 unspecified atom stereocenters. The van der Waals surface area contributed by atoms with Crippen LogP contribution in [0.2, 0.25) is 5.02 Å². The first-order valence-electron chi connectivity index (χ1n) is 10.6. The summed E-state index contributed by atoms with van der Waals surface area (Å²) in [5.41, 5.74) is -0.264. The van der Waals surface area contributed by atoms with Gasteiger partial charge in [0.25, 0.3) is 5.56 Å². The number of halogens is 2. The standard InChI is InChI=1S/C23H22BrClN4O6/c1-5-12(2)21-27-18-7-6-15(24)9-17(18)22(30)28(21)26-11-14-8-16(25)10-19(29(32)33)20(14)35-13(3)23(31)34-4/h6-13H,5H2,1-4H3/t12-,13+/m0/s1. The summed E-state index contributed by atoms with van der Waals surface area (Å²) in [6, 6.07) is 7.66. The maximum Gasteiger partial charge on any atom is 0.346 e. The van der Waals surface area contributed by atoms with E-state index in [1.54, 1.807) is 18.2 Å². The van der Waals surface area contributed by atoms with Gasteiger partial charge in [-0.1, -0.05) is 41.4 Å². The van der Waals surface area contributed by atoms with Crippen molar-refractivity contribution in [3.8, 4) is 5.75 Å². The van der Waals surface area contributed by atoms with Crippen LogP contribution in [0.4, 0.5) is 5.69 Å². The van der Waals surface area contributed by atoms with E-state index in [2.05, 4.69) is 30.8 Å². The number of methoxy groups -OCH3 is 1. The zero-order valence-electron chi connectivity index (χ0n) is 19.3. The van der Waals surface area contributed by atoms with Crippen molar-refractivity contribution < 1.29 is 19.2 Å². The molecule has 0 aliphatic rings. The van der Waals surface area contributed by atoms with Crippen LogP contribution in [0.5, 0.6) is 5.75 Å². The van der Waals surface area contributed by atoms with E-state index in [4.69, 9.17) is 16.3 Å². The van der Waals surface area contributed by atoms with Gasteiger partial charge in [0, 0.05) is 27.0 Å². The molecule has 0 N–H and O–H groups in total. The van der Waals surface area contributed by atoms with Gasteiger partial charge in [-0.3, -0.25) is 14.9 Å². The second kappa shape index (κ2) is 11.0. The fourth-order valence-corrected chi connectivity index (χ4v) is 3.83. The molecule has 0 fully saturated rings. The average molecular weight is 566 g/mol. The number of carbonyl (C=O) groups excluding carboxylic acids is 1. The van der Waals surface area contributed by atoms with Crippen LogP contribution in [0, 0.1) is 10.1 Å². The van der Waals surface area contributed by atoms with Crippen molar-refractivity contribution in [3.63, 3.8) is 0 Å². The molecule has 0 bridgehead atoms. The van der Waals surface area contributed by atoms with Gasteiger partial charge in [-0.05, 0) is 37.6 Å². The Morgan fingerprint density at radius 3 is 2.69 bits per heavy atom. The van der Waals surface area contributed by atoms with Gasteiger partial charge in [-0.2, -0.15) is 9.78 Å². The third-order valence-electron chi connectivity index (χ3n) is 5.29. The molecule has 1 heterocycles. The number of rotatable bonds is 8. The maximum atomic E-state index is 13.3. The van der Waals surface area contributed by atoms with Gasteiger partial charge in [-0.15, -0.1) is 0 Å². The molecule has 12 heteroatoms. The van der Waals surface area contributed by atoms with Crippen LogP contribution in [0.25, 0.3) is 10.9 Å². The number of nitrogens with zero attached hydrogens (tertiary/aromatic N) is 4. The molecule has 0 aliphatic heterocycles. The summed E-state index contributed by atoms with van der Waals surface area (Å²) < 4.78 is 12.1. The highest BCUT2D eigenvalue weighted by atomic mass is 79.9. The van der Waals surface area contributed by atoms with E-state index >= 15 is 0 Å². The van der Waals surface area contributed by atoms with E-state index < -0.39 is 28.2 Å². The van der Waals surface area contributed by atoms with Gasteiger partial charge in [0.1, 0.15) is 5.82 Å². The molecule has 0 radical (unpaired) electrons. The first-order chi connectivity index (χ1) is 16.6. The second-order valence-corrected chi connectivity index (χ2v) is 9.04. The topological polar surface area (TPSA) is 126 Å². The number of benzene rings is 2. The first kappa shape index (κ1) is 26.3. The zero-order valence-corrected chi connectivity index (χ0v) is 21.7. The van der Waals surface area contributed by atoms with E-state index in [0.29, 0.717) is 27.6 Å². The number of carbonyl (C=O) groups is 1. The summed E-state index contributed by atoms with van der Waals surface area (Å²) in [5, 5.41) is 16.4. The second-order valence-electron chi connectivity index (χ2n) is 7.69. The molecule has 10 nitrogen and oxygen atoms in total. The van der Waals surface area contributed by atoms with Crippen molar-refractivity contribution in [1.29, 1.82) is 0 Å². The summed E-state index contributed by atoms with van der Waals surface area (Å²) in [4.78, 5) is 40.8. The van der Waals surface area contributed by atoms with Crippen molar-refractivity contribution in [2.45, 2.75) is 39.2 Å². The quantitative estimate of drug-likeness (QED) is 0.162. The Balaban J connectivity index is 2.23. The Bertz CT molecular complexity index is 1390. The molecular formula is C23H22BrClN4O6. The molecule has 0 aliphatic carbocycles. The highest BCUT2D eigenvalue weighted by Crippen LogP contribution is 2.34. The van der Waals surface area contributed by atoms with Crippen LogP contribution in [-0.2, 0) is 9.53 Å². The molecule has 0 saturated carbocycles. The van der Waals surface area contributed by atoms with Crippen molar-refractivity contribution in [3.05, 3.63) is 71.7 Å². The monoisotopic (exact) mass is 564 g/mol. The Hall–Kier alpha value is -3.31. The van der Waals surface area contributed by atoms with Crippen LogP contribution < -0.4 is 10.3 Å². The van der Waals surface area contributed by atoms with Crippen molar-refractivity contribution in [1.82, 2.24) is 9.66 Å². The molecular weight excluding hydrogens is 544 g/mol. The minimum absolute atomic E-state index is 0.0475. The lowest BCUT2D eigenvalue weighted by molar-refractivity contribution is -0.386. The predicted octanol–water partition coefficient (Wildman–Crippen LogP) is 5.06. The van der Waals surface area contributed by atoms with Crippen molar-refractivity contribution in [2.24, 2.45) is 5.10 Å². The number of ether oxygens (including phenoxy) is 2. The highest BCUT2D eigenvalue weighted by Gasteiger charge is 2.25. The van der Waals surface area contributed by atoms with Crippen LogP contribution in [0.15, 0.2) is 44.7 Å². The van der Waals surface area contributed by atoms with Crippen LogP contribution >= 0.6 is 27.5 Å². The summed E-state index contributed by atoms with van der Waals surface area (Å²) in [5.74, 6) is -0.658. The minimum atomic E-state index is -1.15. The van der Waals surface area contributed by atoms with E-state index in [9.17, 15) is 19.7 Å². The number of aromatic nitrogens is 2. The summed E-state index contributed by atoms with van der Waals surface area (Å²) in [6.45, 7) is 5.26. The van der Waals surface area contributed by atoms with Crippen molar-refractivity contribution >= 4 is 56.3 Å². The number of hydrogen-bond donors (Lipinski definition) is 0. The van der Waals surface area contributed by atoms with Gasteiger partial charge in [0.05, 0.1) is 29.2 Å². The Kier molecular flexibility index (Phi) is 8.23. The largest absolute Gasteiger partial charge is 0.471 e. The average Bonchev–Trinajstić information content (AvgIpc) is 2.83. The number of hydrogen-bond acceptors (Lipinski definition) is 8. The van der Waals surface area contributed by atoms with Gasteiger partial charge in [0.15, 0.2) is 6.10 Å².